The van der Waals surface area contributed by atoms with Crippen molar-refractivity contribution >= 4 is 11.7 Å². The van der Waals surface area contributed by atoms with Gasteiger partial charge in [0.25, 0.3) is 0 Å². The summed E-state index contributed by atoms with van der Waals surface area (Å²) in [6.07, 6.45) is 0. The van der Waals surface area contributed by atoms with Crippen molar-refractivity contribution in [3.8, 4) is 0 Å². The average molecular weight is 220 g/mol. The van der Waals surface area contributed by atoms with E-state index in [2.05, 4.69) is 0 Å². The Balaban J connectivity index is 3.59. The molecule has 1 aromatic rings. The quantitative estimate of drug-likeness (QED) is 0.409. The number of carboxylic acids is 1. The Morgan fingerprint density at radius 3 is 2.13 bits per heavy atom. The summed E-state index contributed by atoms with van der Waals surface area (Å²) in [5.41, 5.74) is -2.87. The number of carboxylic acid groups (broad SMARTS) is 1. The molecule has 0 atom stereocenters. The molecule has 0 aliphatic rings. The predicted molar refractivity (Wildman–Crippen MR) is 37.3 cm³/mol. The Bertz CT molecular complexity index is 422. The zero-order chi connectivity index (χ0) is 11.7. The second kappa shape index (κ2) is 3.56. The molecule has 0 N–H and O–H groups in total. The normalized spacial score (nSPS) is 10.1. The number of carbonyl (C=O) groups excluding carboxylic acids is 1. The molecule has 0 fully saturated rings. The van der Waals surface area contributed by atoms with Crippen molar-refractivity contribution in [1.82, 2.24) is 0 Å². The molecule has 0 spiro atoms. The number of halogens is 3. The third kappa shape index (κ3) is 1.73. The van der Waals surface area contributed by atoms with E-state index in [1.165, 1.54) is 0 Å². The van der Waals surface area contributed by atoms with E-state index >= 15 is 0 Å². The molecule has 1 rings (SSSR count). The Hall–Kier alpha value is -2.12. The summed E-state index contributed by atoms with van der Waals surface area (Å²) in [6.45, 7) is 0. The molecule has 0 radical (unpaired) electrons. The largest absolute Gasteiger partial charge is 0.545 e. The van der Waals surface area contributed by atoms with Gasteiger partial charge in [-0.1, -0.05) is 0 Å². The van der Waals surface area contributed by atoms with Gasteiger partial charge < -0.3 is 9.90 Å². The number of aromatic carboxylic acids is 1. The maximum Gasteiger partial charge on any atom is 0.308 e. The van der Waals surface area contributed by atoms with Gasteiger partial charge in [-0.25, -0.2) is 8.78 Å². The van der Waals surface area contributed by atoms with Crippen LogP contribution in [0.3, 0.4) is 0 Å². The number of hydrogen-bond donors (Lipinski definition) is 0. The summed E-state index contributed by atoms with van der Waals surface area (Å²) < 4.78 is 38.0. The fourth-order valence-corrected chi connectivity index (χ4v) is 0.872. The van der Waals surface area contributed by atoms with E-state index in [4.69, 9.17) is 0 Å². The first-order valence-corrected chi connectivity index (χ1v) is 3.39. The maximum atomic E-state index is 12.7. The molecule has 0 aliphatic heterocycles. The molecular formula is C7HF3NO4-. The molecule has 0 saturated carbocycles. The molecule has 0 aromatic heterocycles. The summed E-state index contributed by atoms with van der Waals surface area (Å²) in [5, 5.41) is 20.3. The Labute approximate surface area is 79.9 Å². The lowest BCUT2D eigenvalue weighted by molar-refractivity contribution is -0.388. The van der Waals surface area contributed by atoms with Gasteiger partial charge in [-0.15, -0.1) is 0 Å². The first-order valence-electron chi connectivity index (χ1n) is 3.39. The number of carbonyl (C=O) groups is 1. The fraction of sp³-hybridized carbons (Fsp3) is 0. The second-order valence-corrected chi connectivity index (χ2v) is 2.43. The monoisotopic (exact) mass is 220 g/mol. The zero-order valence-corrected chi connectivity index (χ0v) is 6.79. The van der Waals surface area contributed by atoms with Crippen LogP contribution in [0.1, 0.15) is 10.4 Å². The molecule has 0 saturated heterocycles. The third-order valence-corrected chi connectivity index (χ3v) is 1.54. The van der Waals surface area contributed by atoms with E-state index in [1.54, 1.807) is 0 Å². The number of nitro groups is 1. The van der Waals surface area contributed by atoms with Gasteiger partial charge >= 0.3 is 5.69 Å². The van der Waals surface area contributed by atoms with E-state index in [0.717, 1.165) is 0 Å². The van der Waals surface area contributed by atoms with Crippen LogP contribution >= 0.6 is 0 Å². The van der Waals surface area contributed by atoms with Crippen molar-refractivity contribution in [2.45, 2.75) is 0 Å². The van der Waals surface area contributed by atoms with Gasteiger partial charge in [-0.3, -0.25) is 10.1 Å². The summed E-state index contributed by atoms with van der Waals surface area (Å²) in [7, 11) is 0. The molecule has 5 nitrogen and oxygen atoms in total. The predicted octanol–water partition coefficient (Wildman–Crippen LogP) is 0.376. The molecular weight excluding hydrogens is 219 g/mol. The van der Waals surface area contributed by atoms with Gasteiger partial charge in [0.05, 0.1) is 10.9 Å². The van der Waals surface area contributed by atoms with Gasteiger partial charge in [0.2, 0.25) is 11.6 Å². The molecule has 0 bridgehead atoms. The minimum Gasteiger partial charge on any atom is -0.545 e. The van der Waals surface area contributed by atoms with Crippen LogP contribution in [0.2, 0.25) is 0 Å². The van der Waals surface area contributed by atoms with Gasteiger partial charge in [-0.2, -0.15) is 4.39 Å². The van der Waals surface area contributed by atoms with E-state index in [9.17, 15) is 33.2 Å². The van der Waals surface area contributed by atoms with Crippen LogP contribution in [0.5, 0.6) is 0 Å². The third-order valence-electron chi connectivity index (χ3n) is 1.54. The van der Waals surface area contributed by atoms with Crippen LogP contribution < -0.4 is 5.11 Å². The van der Waals surface area contributed by atoms with E-state index < -0.39 is 39.6 Å². The minimum atomic E-state index is -2.22. The van der Waals surface area contributed by atoms with E-state index in [1.807, 2.05) is 0 Å². The smallest absolute Gasteiger partial charge is 0.308 e. The standard InChI is InChI=1S/C7H2F3NO4/c8-4-2(7(12)13)1-3(11(14)15)5(9)6(4)10/h1H,(H,12,13)/p-1. The number of benzene rings is 1. The number of hydrogen-bond acceptors (Lipinski definition) is 4. The van der Waals surface area contributed by atoms with Crippen molar-refractivity contribution in [1.29, 1.82) is 0 Å². The molecule has 1 aromatic carbocycles. The Morgan fingerprint density at radius 2 is 1.73 bits per heavy atom. The van der Waals surface area contributed by atoms with Crippen LogP contribution in [0.15, 0.2) is 6.07 Å². The van der Waals surface area contributed by atoms with Gasteiger partial charge in [0.1, 0.15) is 0 Å². The van der Waals surface area contributed by atoms with Crippen molar-refractivity contribution in [3.63, 3.8) is 0 Å². The van der Waals surface area contributed by atoms with Gasteiger partial charge in [-0.05, 0) is 0 Å². The second-order valence-electron chi connectivity index (χ2n) is 2.43. The SMILES string of the molecule is O=C([O-])c1cc([N+](=O)[O-])c(F)c(F)c1F. The van der Waals surface area contributed by atoms with Crippen LogP contribution in [-0.2, 0) is 0 Å². The molecule has 0 aliphatic carbocycles. The lowest BCUT2D eigenvalue weighted by Crippen LogP contribution is -2.24. The van der Waals surface area contributed by atoms with Gasteiger partial charge in [0, 0.05) is 11.6 Å². The summed E-state index contributed by atoms with van der Waals surface area (Å²) >= 11 is 0. The van der Waals surface area contributed by atoms with Crippen LogP contribution in [0, 0.1) is 27.6 Å². The molecule has 8 heteroatoms. The minimum absolute atomic E-state index is 0.0586. The van der Waals surface area contributed by atoms with Crippen molar-refractivity contribution in [3.05, 3.63) is 39.2 Å². The first kappa shape index (κ1) is 11.0. The van der Waals surface area contributed by atoms with Gasteiger partial charge in [0.15, 0.2) is 5.82 Å². The maximum absolute atomic E-state index is 12.7. The van der Waals surface area contributed by atoms with Crippen LogP contribution in [0.4, 0.5) is 18.9 Å². The van der Waals surface area contributed by atoms with E-state index in [-0.39, 0.29) is 6.07 Å². The zero-order valence-electron chi connectivity index (χ0n) is 6.79. The highest BCUT2D eigenvalue weighted by molar-refractivity contribution is 5.87. The van der Waals surface area contributed by atoms with E-state index in [0.29, 0.717) is 0 Å². The molecule has 0 unspecified atom stereocenters. The highest BCUT2D eigenvalue weighted by Gasteiger charge is 2.25. The highest BCUT2D eigenvalue weighted by atomic mass is 19.2. The first-order chi connectivity index (χ1) is 6.86. The summed E-state index contributed by atoms with van der Waals surface area (Å²) in [6, 6.07) is 0.0586. The average Bonchev–Trinajstić information content (AvgIpc) is 2.13. The van der Waals surface area contributed by atoms with Crippen molar-refractivity contribution < 1.29 is 28.0 Å². The van der Waals surface area contributed by atoms with Crippen LogP contribution in [0.25, 0.3) is 0 Å². The summed E-state index contributed by atoms with van der Waals surface area (Å²) in [4.78, 5) is 18.9. The fourth-order valence-electron chi connectivity index (χ4n) is 0.872. The number of nitro benzene ring substituents is 1. The highest BCUT2D eigenvalue weighted by Crippen LogP contribution is 2.24. The molecule has 0 amide bonds. The van der Waals surface area contributed by atoms with Crippen molar-refractivity contribution in [2.24, 2.45) is 0 Å². The number of rotatable bonds is 2. The number of nitrogens with zero attached hydrogens (tertiary/aromatic N) is 1. The topological polar surface area (TPSA) is 83.3 Å². The molecule has 0 heterocycles. The molecule has 80 valence electrons. The lowest BCUT2D eigenvalue weighted by atomic mass is 10.1. The Morgan fingerprint density at radius 1 is 1.20 bits per heavy atom. The van der Waals surface area contributed by atoms with Crippen molar-refractivity contribution in [2.75, 3.05) is 0 Å². The van der Waals surface area contributed by atoms with Crippen LogP contribution in [-0.4, -0.2) is 10.9 Å². The Kier molecular flexibility index (Phi) is 2.60. The molecule has 15 heavy (non-hydrogen) atoms. The summed E-state index contributed by atoms with van der Waals surface area (Å²) in [5.74, 6) is -8.47. The lowest BCUT2D eigenvalue weighted by Gasteiger charge is -2.05.